The number of unbranched alkanes of at least 4 members (excludes halogenated alkanes) is 13. The Kier molecular flexibility index (Phi) is 31.7. The van der Waals surface area contributed by atoms with Crippen LogP contribution in [0.2, 0.25) is 0 Å². The van der Waals surface area contributed by atoms with E-state index in [0.29, 0.717) is 65.1 Å². The summed E-state index contributed by atoms with van der Waals surface area (Å²) in [4.78, 5) is 67.7. The van der Waals surface area contributed by atoms with Crippen molar-refractivity contribution in [3.05, 3.63) is 0 Å². The SMILES string of the molecule is O=CCC[C@H](NC(=O)CCC(=O)NCCCOCCOCCCNC(=O)CCCCCCCCCCCCCCCCC(=O)O)C(=O)O. The first-order valence-electron chi connectivity index (χ1n) is 18.1. The Bertz CT molecular complexity index is 872. The van der Waals surface area contributed by atoms with Crippen LogP contribution in [0.1, 0.15) is 141 Å². The lowest BCUT2D eigenvalue weighted by Crippen LogP contribution is -2.41. The van der Waals surface area contributed by atoms with Crippen molar-refractivity contribution >= 4 is 35.9 Å². The molecule has 0 fully saturated rings. The van der Waals surface area contributed by atoms with E-state index in [-0.39, 0.29) is 37.5 Å². The molecule has 13 heteroatoms. The Labute approximate surface area is 287 Å². The van der Waals surface area contributed by atoms with E-state index in [1.54, 1.807) is 0 Å². The van der Waals surface area contributed by atoms with Gasteiger partial charge >= 0.3 is 11.9 Å². The van der Waals surface area contributed by atoms with Crippen LogP contribution in [-0.2, 0) is 38.2 Å². The van der Waals surface area contributed by atoms with Crippen molar-refractivity contribution in [1.29, 1.82) is 0 Å². The van der Waals surface area contributed by atoms with Gasteiger partial charge in [-0.1, -0.05) is 77.0 Å². The molecule has 0 aliphatic carbocycles. The van der Waals surface area contributed by atoms with E-state index in [0.717, 1.165) is 38.5 Å². The number of carbonyl (C=O) groups excluding carboxylic acids is 4. The maximum Gasteiger partial charge on any atom is 0.326 e. The molecule has 0 heterocycles. The maximum absolute atomic E-state index is 12.0. The lowest BCUT2D eigenvalue weighted by Gasteiger charge is -2.13. The Balaban J connectivity index is 3.39. The van der Waals surface area contributed by atoms with Crippen molar-refractivity contribution < 1.29 is 48.5 Å². The van der Waals surface area contributed by atoms with E-state index < -0.39 is 23.9 Å². The van der Waals surface area contributed by atoms with Gasteiger partial charge < -0.3 is 40.4 Å². The van der Waals surface area contributed by atoms with Gasteiger partial charge in [0.2, 0.25) is 17.7 Å². The van der Waals surface area contributed by atoms with Gasteiger partial charge in [-0.05, 0) is 32.1 Å². The van der Waals surface area contributed by atoms with Gasteiger partial charge in [-0.15, -0.1) is 0 Å². The zero-order valence-corrected chi connectivity index (χ0v) is 29.1. The smallest absolute Gasteiger partial charge is 0.326 e. The summed E-state index contributed by atoms with van der Waals surface area (Å²) in [5.74, 6) is -2.69. The zero-order chi connectivity index (χ0) is 35.5. The van der Waals surface area contributed by atoms with Crippen LogP contribution in [0.5, 0.6) is 0 Å². The third-order valence-electron chi connectivity index (χ3n) is 7.78. The highest BCUT2D eigenvalue weighted by Crippen LogP contribution is 2.13. The van der Waals surface area contributed by atoms with E-state index in [4.69, 9.17) is 19.7 Å². The van der Waals surface area contributed by atoms with Crippen molar-refractivity contribution in [3.8, 4) is 0 Å². The molecular formula is C35H63N3O10. The molecule has 278 valence electrons. The van der Waals surface area contributed by atoms with Crippen LogP contribution >= 0.6 is 0 Å². The molecule has 0 aliphatic heterocycles. The Morgan fingerprint density at radius 1 is 0.521 bits per heavy atom. The molecule has 0 saturated carbocycles. The minimum atomic E-state index is -1.22. The fourth-order valence-electron chi connectivity index (χ4n) is 4.97. The summed E-state index contributed by atoms with van der Waals surface area (Å²) in [5, 5.41) is 25.6. The van der Waals surface area contributed by atoms with Crippen molar-refractivity contribution in [3.63, 3.8) is 0 Å². The zero-order valence-electron chi connectivity index (χ0n) is 29.1. The van der Waals surface area contributed by atoms with Crippen LogP contribution < -0.4 is 16.0 Å². The molecule has 1 atom stereocenters. The fourth-order valence-corrected chi connectivity index (χ4v) is 4.97. The van der Waals surface area contributed by atoms with Gasteiger partial charge in [0.25, 0.3) is 0 Å². The minimum Gasteiger partial charge on any atom is -0.481 e. The summed E-state index contributed by atoms with van der Waals surface area (Å²) in [6, 6.07) is -1.15. The number of hydrogen-bond donors (Lipinski definition) is 5. The molecule has 0 aromatic heterocycles. The second-order valence-electron chi connectivity index (χ2n) is 12.2. The molecule has 0 spiro atoms. The van der Waals surface area contributed by atoms with Gasteiger partial charge in [0.1, 0.15) is 12.3 Å². The number of aldehydes is 1. The first kappa shape index (κ1) is 44.9. The topological polar surface area (TPSA) is 197 Å². The molecule has 0 aliphatic rings. The van der Waals surface area contributed by atoms with Gasteiger partial charge in [0.15, 0.2) is 0 Å². The normalized spacial score (nSPS) is 11.5. The summed E-state index contributed by atoms with van der Waals surface area (Å²) >= 11 is 0. The number of aliphatic carboxylic acids is 2. The summed E-state index contributed by atoms with van der Waals surface area (Å²) in [7, 11) is 0. The number of nitrogens with one attached hydrogen (secondary N) is 3. The monoisotopic (exact) mass is 685 g/mol. The Hall–Kier alpha value is -3.06. The average molecular weight is 686 g/mol. The molecule has 0 unspecified atom stereocenters. The Morgan fingerprint density at radius 2 is 0.938 bits per heavy atom. The van der Waals surface area contributed by atoms with E-state index in [1.807, 2.05) is 0 Å². The van der Waals surface area contributed by atoms with Crippen LogP contribution in [0.4, 0.5) is 0 Å². The number of hydrogen-bond acceptors (Lipinski definition) is 8. The molecule has 0 aromatic carbocycles. The quantitative estimate of drug-likeness (QED) is 0.0456. The van der Waals surface area contributed by atoms with Gasteiger partial charge in [0.05, 0.1) is 13.2 Å². The maximum atomic E-state index is 12.0. The van der Waals surface area contributed by atoms with Gasteiger partial charge in [0, 0.05) is 58.4 Å². The van der Waals surface area contributed by atoms with Gasteiger partial charge in [-0.25, -0.2) is 4.79 Å². The molecule has 0 aromatic rings. The average Bonchev–Trinajstić information content (AvgIpc) is 3.05. The molecule has 5 N–H and O–H groups in total. The van der Waals surface area contributed by atoms with Crippen molar-refractivity contribution in [2.45, 2.75) is 147 Å². The van der Waals surface area contributed by atoms with E-state index in [1.165, 1.54) is 57.8 Å². The summed E-state index contributed by atoms with van der Waals surface area (Å²) in [6.07, 6.45) is 18.9. The predicted molar refractivity (Wildman–Crippen MR) is 182 cm³/mol. The van der Waals surface area contributed by atoms with Crippen LogP contribution in [0, 0.1) is 0 Å². The molecule has 0 bridgehead atoms. The van der Waals surface area contributed by atoms with Gasteiger partial charge in [-0.3, -0.25) is 19.2 Å². The summed E-state index contributed by atoms with van der Waals surface area (Å²) in [5.41, 5.74) is 0. The highest BCUT2D eigenvalue weighted by atomic mass is 16.5. The predicted octanol–water partition coefficient (Wildman–Crippen LogP) is 4.69. The number of amides is 3. The van der Waals surface area contributed by atoms with E-state index in [2.05, 4.69) is 16.0 Å². The van der Waals surface area contributed by atoms with E-state index >= 15 is 0 Å². The lowest BCUT2D eigenvalue weighted by molar-refractivity contribution is -0.142. The molecule has 0 rings (SSSR count). The number of carboxylic acid groups (broad SMARTS) is 2. The lowest BCUT2D eigenvalue weighted by atomic mass is 10.0. The number of ether oxygens (including phenoxy) is 2. The molecule has 48 heavy (non-hydrogen) atoms. The number of carboxylic acids is 2. The molecule has 3 amide bonds. The van der Waals surface area contributed by atoms with E-state index in [9.17, 15) is 28.8 Å². The number of carbonyl (C=O) groups is 6. The van der Waals surface area contributed by atoms with Crippen molar-refractivity contribution in [2.24, 2.45) is 0 Å². The van der Waals surface area contributed by atoms with Crippen LogP contribution in [0.3, 0.4) is 0 Å². The molecular weight excluding hydrogens is 622 g/mol. The van der Waals surface area contributed by atoms with Gasteiger partial charge in [-0.2, -0.15) is 0 Å². The van der Waals surface area contributed by atoms with Crippen molar-refractivity contribution in [2.75, 3.05) is 39.5 Å². The largest absolute Gasteiger partial charge is 0.481 e. The summed E-state index contributed by atoms with van der Waals surface area (Å²) in [6.45, 7) is 2.82. The Morgan fingerprint density at radius 3 is 1.38 bits per heavy atom. The highest BCUT2D eigenvalue weighted by molar-refractivity contribution is 5.87. The molecule has 0 radical (unpaired) electrons. The van der Waals surface area contributed by atoms with Crippen LogP contribution in [-0.4, -0.2) is 91.7 Å². The number of rotatable bonds is 36. The fraction of sp³-hybridized carbons (Fsp3) is 0.829. The highest BCUT2D eigenvalue weighted by Gasteiger charge is 2.19. The first-order chi connectivity index (χ1) is 23.3. The summed E-state index contributed by atoms with van der Waals surface area (Å²) < 4.78 is 11.0. The van der Waals surface area contributed by atoms with Crippen LogP contribution in [0.25, 0.3) is 0 Å². The van der Waals surface area contributed by atoms with Crippen LogP contribution in [0.15, 0.2) is 0 Å². The second-order valence-corrected chi connectivity index (χ2v) is 12.2. The minimum absolute atomic E-state index is 0.00687. The third-order valence-corrected chi connectivity index (χ3v) is 7.78. The molecule has 0 saturated heterocycles. The third kappa shape index (κ3) is 32.9. The molecule has 13 nitrogen and oxygen atoms in total. The second kappa shape index (κ2) is 33.8. The standard InChI is InChI=1S/C35H63N3O10/c39-25-15-18-30(35(45)46)38-33(42)22-21-32(41)37-24-17-27-48-29-28-47-26-16-23-36-31(40)19-13-11-9-7-5-3-1-2-4-6-8-10-12-14-20-34(43)44/h25,30H,1-24,26-29H2,(H,36,40)(H,37,41)(H,38,42)(H,43,44)(H,45,46)/t30-/m0/s1. The first-order valence-corrected chi connectivity index (χ1v) is 18.1. The van der Waals surface area contributed by atoms with Crippen molar-refractivity contribution in [1.82, 2.24) is 16.0 Å².